The zero-order valence-electron chi connectivity index (χ0n) is 10.0. The molecule has 3 heteroatoms. The summed E-state index contributed by atoms with van der Waals surface area (Å²) in [6, 6.07) is 13.5. The van der Waals surface area contributed by atoms with Crippen molar-refractivity contribution in [1.82, 2.24) is 5.32 Å². The highest BCUT2D eigenvalue weighted by atomic mass is 127. The van der Waals surface area contributed by atoms with Gasteiger partial charge in [-0.1, -0.05) is 19.1 Å². The molecule has 90 valence electrons. The maximum Gasteiger partial charge on any atom is 0.0386 e. The van der Waals surface area contributed by atoms with Crippen molar-refractivity contribution in [2.45, 2.75) is 19.9 Å². The molecule has 1 aromatic heterocycles. The Bertz CT molecular complexity index is 492. The average Bonchev–Trinajstić information content (AvgIpc) is 2.78. The van der Waals surface area contributed by atoms with Crippen LogP contribution >= 0.6 is 33.9 Å². The van der Waals surface area contributed by atoms with Crippen LogP contribution in [-0.4, -0.2) is 6.54 Å². The molecule has 0 aliphatic carbocycles. The third kappa shape index (κ3) is 3.30. The molecule has 0 bridgehead atoms. The molecule has 1 aromatic carbocycles. The molecule has 17 heavy (non-hydrogen) atoms. The number of benzene rings is 1. The monoisotopic (exact) mass is 357 g/mol. The first kappa shape index (κ1) is 13.1. The maximum absolute atomic E-state index is 3.45. The number of nitrogens with one attached hydrogen (secondary N) is 1. The van der Waals surface area contributed by atoms with Gasteiger partial charge < -0.3 is 5.32 Å². The number of halogens is 1. The first-order valence-corrected chi connectivity index (χ1v) is 7.69. The van der Waals surface area contributed by atoms with Crippen LogP contribution in [0.4, 0.5) is 0 Å². The molecule has 0 saturated carbocycles. The average molecular weight is 357 g/mol. The second kappa shape index (κ2) is 5.98. The van der Waals surface area contributed by atoms with Crippen LogP contribution in [0.2, 0.25) is 0 Å². The van der Waals surface area contributed by atoms with E-state index in [-0.39, 0.29) is 0 Å². The minimum Gasteiger partial charge on any atom is -0.310 e. The van der Waals surface area contributed by atoms with Crippen LogP contribution in [0.25, 0.3) is 10.4 Å². The molecule has 2 rings (SSSR count). The topological polar surface area (TPSA) is 12.0 Å². The molecule has 0 fully saturated rings. The van der Waals surface area contributed by atoms with Crippen molar-refractivity contribution in [3.63, 3.8) is 0 Å². The van der Waals surface area contributed by atoms with Crippen molar-refractivity contribution in [2.75, 3.05) is 6.54 Å². The van der Waals surface area contributed by atoms with Gasteiger partial charge in [0.05, 0.1) is 0 Å². The molecule has 1 heterocycles. The minimum absolute atomic E-state index is 0.446. The van der Waals surface area contributed by atoms with Crippen LogP contribution in [0, 0.1) is 3.57 Å². The van der Waals surface area contributed by atoms with E-state index in [1.807, 2.05) is 11.3 Å². The highest BCUT2D eigenvalue weighted by molar-refractivity contribution is 14.1. The Morgan fingerprint density at radius 1 is 1.29 bits per heavy atom. The van der Waals surface area contributed by atoms with Gasteiger partial charge >= 0.3 is 0 Å². The summed E-state index contributed by atoms with van der Waals surface area (Å²) in [7, 11) is 0. The lowest BCUT2D eigenvalue weighted by atomic mass is 10.2. The molecule has 0 saturated heterocycles. The molecule has 1 N–H and O–H groups in total. The Balaban J connectivity index is 2.23. The molecule has 1 atom stereocenters. The summed E-state index contributed by atoms with van der Waals surface area (Å²) in [6.07, 6.45) is 0. The van der Waals surface area contributed by atoms with Gasteiger partial charge in [-0.15, -0.1) is 11.3 Å². The van der Waals surface area contributed by atoms with Crippen LogP contribution in [0.15, 0.2) is 36.4 Å². The number of hydrogen-bond acceptors (Lipinski definition) is 2. The van der Waals surface area contributed by atoms with E-state index in [1.54, 1.807) is 0 Å². The van der Waals surface area contributed by atoms with Crippen LogP contribution in [0.5, 0.6) is 0 Å². The van der Waals surface area contributed by atoms with Crippen molar-refractivity contribution in [3.8, 4) is 10.4 Å². The van der Waals surface area contributed by atoms with Crippen LogP contribution in [-0.2, 0) is 0 Å². The normalized spacial score (nSPS) is 12.6. The van der Waals surface area contributed by atoms with Gasteiger partial charge in [-0.2, -0.15) is 0 Å². The highest BCUT2D eigenvalue weighted by Gasteiger charge is 2.08. The molecule has 0 radical (unpaired) electrons. The van der Waals surface area contributed by atoms with Gasteiger partial charge in [-0.05, 0) is 65.9 Å². The number of hydrogen-bond donors (Lipinski definition) is 1. The van der Waals surface area contributed by atoms with E-state index in [0.29, 0.717) is 6.04 Å². The fourth-order valence-electron chi connectivity index (χ4n) is 1.79. The van der Waals surface area contributed by atoms with Gasteiger partial charge in [0.1, 0.15) is 0 Å². The predicted octanol–water partition coefficient (Wildman–Crippen LogP) is 4.69. The molecule has 0 spiro atoms. The summed E-state index contributed by atoms with van der Waals surface area (Å²) in [6.45, 7) is 5.37. The lowest BCUT2D eigenvalue weighted by Crippen LogP contribution is -2.16. The first-order chi connectivity index (χ1) is 8.20. The Hall–Kier alpha value is -0.390. The zero-order valence-corrected chi connectivity index (χ0v) is 13.0. The second-order valence-electron chi connectivity index (χ2n) is 3.99. The van der Waals surface area contributed by atoms with Crippen LogP contribution in [0.1, 0.15) is 24.8 Å². The van der Waals surface area contributed by atoms with Crippen molar-refractivity contribution < 1.29 is 0 Å². The van der Waals surface area contributed by atoms with E-state index in [9.17, 15) is 0 Å². The summed E-state index contributed by atoms with van der Waals surface area (Å²) in [4.78, 5) is 2.75. The molecule has 1 nitrogen and oxygen atoms in total. The van der Waals surface area contributed by atoms with Crippen LogP contribution in [0.3, 0.4) is 0 Å². The molecule has 0 aliphatic rings. The summed E-state index contributed by atoms with van der Waals surface area (Å²) in [5.74, 6) is 0. The van der Waals surface area contributed by atoms with Crippen molar-refractivity contribution in [1.29, 1.82) is 0 Å². The summed E-state index contributed by atoms with van der Waals surface area (Å²) in [5.41, 5.74) is 1.32. The molecular formula is C14H16INS. The Labute approximate surface area is 120 Å². The lowest BCUT2D eigenvalue weighted by Gasteiger charge is -2.09. The maximum atomic E-state index is 3.45. The lowest BCUT2D eigenvalue weighted by molar-refractivity contribution is 0.607. The van der Waals surface area contributed by atoms with Gasteiger partial charge in [0, 0.05) is 19.4 Å². The van der Waals surface area contributed by atoms with E-state index in [1.165, 1.54) is 18.9 Å². The summed E-state index contributed by atoms with van der Waals surface area (Å²) in [5, 5.41) is 3.45. The van der Waals surface area contributed by atoms with E-state index >= 15 is 0 Å². The fraction of sp³-hybridized carbons (Fsp3) is 0.286. The molecule has 1 unspecified atom stereocenters. The first-order valence-electron chi connectivity index (χ1n) is 5.79. The van der Waals surface area contributed by atoms with Gasteiger partial charge in [0.15, 0.2) is 0 Å². The van der Waals surface area contributed by atoms with Gasteiger partial charge in [-0.25, -0.2) is 0 Å². The Morgan fingerprint density at radius 3 is 2.82 bits per heavy atom. The SMILES string of the molecule is CCNC(C)c1ccc(-c2cccc(I)c2)s1. The van der Waals surface area contributed by atoms with E-state index in [0.717, 1.165) is 6.54 Å². The standard InChI is InChI=1S/C14H16INS/c1-3-16-10(2)13-7-8-14(17-13)11-5-4-6-12(15)9-11/h4-10,16H,3H2,1-2H3. The summed E-state index contributed by atoms with van der Waals surface area (Å²) < 4.78 is 1.29. The Kier molecular flexibility index (Phi) is 4.59. The fourth-order valence-corrected chi connectivity index (χ4v) is 3.36. The Morgan fingerprint density at radius 2 is 2.12 bits per heavy atom. The number of rotatable bonds is 4. The van der Waals surface area contributed by atoms with Crippen molar-refractivity contribution in [3.05, 3.63) is 44.8 Å². The molecule has 0 amide bonds. The molecule has 2 aromatic rings. The van der Waals surface area contributed by atoms with Gasteiger partial charge in [0.2, 0.25) is 0 Å². The highest BCUT2D eigenvalue weighted by Crippen LogP contribution is 2.31. The largest absolute Gasteiger partial charge is 0.310 e. The molecular weight excluding hydrogens is 341 g/mol. The second-order valence-corrected chi connectivity index (χ2v) is 6.35. The predicted molar refractivity (Wildman–Crippen MR) is 84.6 cm³/mol. The smallest absolute Gasteiger partial charge is 0.0386 e. The van der Waals surface area contributed by atoms with Crippen LogP contribution < -0.4 is 5.32 Å². The van der Waals surface area contributed by atoms with E-state index in [2.05, 4.69) is 78.2 Å². The van der Waals surface area contributed by atoms with E-state index < -0.39 is 0 Å². The van der Waals surface area contributed by atoms with Crippen molar-refractivity contribution in [2.24, 2.45) is 0 Å². The minimum atomic E-state index is 0.446. The van der Waals surface area contributed by atoms with Crippen molar-refractivity contribution >= 4 is 33.9 Å². The number of thiophene rings is 1. The third-order valence-electron chi connectivity index (χ3n) is 2.67. The quantitative estimate of drug-likeness (QED) is 0.783. The third-order valence-corrected chi connectivity index (χ3v) is 4.66. The zero-order chi connectivity index (χ0) is 12.3. The van der Waals surface area contributed by atoms with Gasteiger partial charge in [0.25, 0.3) is 0 Å². The van der Waals surface area contributed by atoms with Gasteiger partial charge in [-0.3, -0.25) is 0 Å². The molecule has 0 aliphatic heterocycles. The summed E-state index contributed by atoms with van der Waals surface area (Å²) >= 11 is 4.23. The van der Waals surface area contributed by atoms with E-state index in [4.69, 9.17) is 0 Å².